The lowest BCUT2D eigenvalue weighted by Crippen LogP contribution is -2.36. The van der Waals surface area contributed by atoms with E-state index in [0.717, 1.165) is 22.3 Å². The molecular formula is C23H26N2O4. The number of hydrogen-bond donors (Lipinski definition) is 2. The molecule has 1 saturated heterocycles. The lowest BCUT2D eigenvalue weighted by atomic mass is 9.97. The molecule has 152 valence electrons. The summed E-state index contributed by atoms with van der Waals surface area (Å²) in [6.07, 6.45) is -0.0599. The van der Waals surface area contributed by atoms with Crippen molar-refractivity contribution in [3.05, 3.63) is 70.8 Å². The largest absolute Gasteiger partial charge is 0.481 e. The predicted molar refractivity (Wildman–Crippen MR) is 109 cm³/mol. The van der Waals surface area contributed by atoms with Crippen LogP contribution in [0.1, 0.15) is 41.1 Å². The normalized spacial score (nSPS) is 17.2. The maximum Gasteiger partial charge on any atom is 0.305 e. The first kappa shape index (κ1) is 20.6. The first-order valence-corrected chi connectivity index (χ1v) is 9.74. The fraction of sp³-hybridized carbons (Fsp3) is 0.348. The summed E-state index contributed by atoms with van der Waals surface area (Å²) in [5.41, 5.74) is 3.87. The smallest absolute Gasteiger partial charge is 0.305 e. The van der Waals surface area contributed by atoms with Crippen molar-refractivity contribution in [2.75, 3.05) is 6.54 Å². The molecule has 2 amide bonds. The second kappa shape index (κ2) is 8.90. The van der Waals surface area contributed by atoms with E-state index < -0.39 is 17.9 Å². The van der Waals surface area contributed by atoms with Crippen LogP contribution in [0, 0.1) is 19.8 Å². The highest BCUT2D eigenvalue weighted by Gasteiger charge is 2.35. The van der Waals surface area contributed by atoms with Gasteiger partial charge in [0.05, 0.1) is 18.4 Å². The molecule has 6 heteroatoms. The lowest BCUT2D eigenvalue weighted by Gasteiger charge is -2.22. The van der Waals surface area contributed by atoms with E-state index in [4.69, 9.17) is 0 Å². The summed E-state index contributed by atoms with van der Waals surface area (Å²) >= 11 is 0. The lowest BCUT2D eigenvalue weighted by molar-refractivity contribution is -0.138. The molecule has 2 N–H and O–H groups in total. The molecule has 2 unspecified atom stereocenters. The van der Waals surface area contributed by atoms with Crippen molar-refractivity contribution >= 4 is 17.8 Å². The molecule has 0 bridgehead atoms. The number of amides is 2. The zero-order valence-corrected chi connectivity index (χ0v) is 16.7. The molecule has 0 aliphatic carbocycles. The number of aliphatic carboxylic acids is 1. The van der Waals surface area contributed by atoms with E-state index in [0.29, 0.717) is 13.1 Å². The van der Waals surface area contributed by atoms with Gasteiger partial charge >= 0.3 is 5.97 Å². The van der Waals surface area contributed by atoms with Crippen LogP contribution >= 0.6 is 0 Å². The van der Waals surface area contributed by atoms with Crippen LogP contribution in [-0.4, -0.2) is 34.3 Å². The Kier molecular flexibility index (Phi) is 6.32. The van der Waals surface area contributed by atoms with Gasteiger partial charge in [-0.05, 0) is 30.5 Å². The van der Waals surface area contributed by atoms with Crippen LogP contribution in [0.25, 0.3) is 0 Å². The van der Waals surface area contributed by atoms with Crippen LogP contribution in [-0.2, 0) is 20.9 Å². The van der Waals surface area contributed by atoms with Crippen LogP contribution in [0.3, 0.4) is 0 Å². The Hall–Kier alpha value is -3.15. The summed E-state index contributed by atoms with van der Waals surface area (Å²) in [6.45, 7) is 4.71. The number of carbonyl (C=O) groups is 3. The highest BCUT2D eigenvalue weighted by Crippen LogP contribution is 2.25. The summed E-state index contributed by atoms with van der Waals surface area (Å²) < 4.78 is 0. The van der Waals surface area contributed by atoms with Crippen molar-refractivity contribution in [1.82, 2.24) is 10.2 Å². The van der Waals surface area contributed by atoms with Gasteiger partial charge in [-0.15, -0.1) is 0 Å². The van der Waals surface area contributed by atoms with Crippen LogP contribution in [0.5, 0.6) is 0 Å². The topological polar surface area (TPSA) is 86.7 Å². The van der Waals surface area contributed by atoms with E-state index in [-0.39, 0.29) is 24.7 Å². The zero-order chi connectivity index (χ0) is 21.0. The highest BCUT2D eigenvalue weighted by molar-refractivity contribution is 5.89. The molecule has 3 rings (SSSR count). The number of likely N-dealkylation sites (tertiary alicyclic amines) is 1. The number of hydrogen-bond acceptors (Lipinski definition) is 3. The fourth-order valence-corrected chi connectivity index (χ4v) is 3.70. The standard InChI is InChI=1S/C23H26N2O4/c1-15-7-9-17(10-8-15)13-25-14-18(11-21(25)26)23(29)24-20(12-22(27)28)19-6-4-3-5-16(19)2/h3-10,18,20H,11-14H2,1-2H3,(H,24,29)(H,27,28). The zero-order valence-electron chi connectivity index (χ0n) is 16.7. The van der Waals surface area contributed by atoms with Crippen molar-refractivity contribution in [2.24, 2.45) is 5.92 Å². The Morgan fingerprint density at radius 1 is 1.14 bits per heavy atom. The summed E-state index contributed by atoms with van der Waals surface area (Å²) in [4.78, 5) is 38.2. The monoisotopic (exact) mass is 394 g/mol. The minimum Gasteiger partial charge on any atom is -0.481 e. The maximum atomic E-state index is 12.8. The van der Waals surface area contributed by atoms with Crippen LogP contribution in [0.2, 0.25) is 0 Å². The molecule has 1 fully saturated rings. The third kappa shape index (κ3) is 5.22. The van der Waals surface area contributed by atoms with Gasteiger partial charge in [0.25, 0.3) is 0 Å². The van der Waals surface area contributed by atoms with Crippen molar-refractivity contribution in [1.29, 1.82) is 0 Å². The van der Waals surface area contributed by atoms with Crippen LogP contribution in [0.4, 0.5) is 0 Å². The van der Waals surface area contributed by atoms with Gasteiger partial charge < -0.3 is 15.3 Å². The Labute approximate surface area is 170 Å². The molecule has 29 heavy (non-hydrogen) atoms. The SMILES string of the molecule is Cc1ccc(CN2CC(C(=O)NC(CC(=O)O)c3ccccc3C)CC2=O)cc1. The molecule has 6 nitrogen and oxygen atoms in total. The molecule has 2 aromatic carbocycles. The second-order valence-corrected chi connectivity index (χ2v) is 7.68. The maximum absolute atomic E-state index is 12.8. The Morgan fingerprint density at radius 2 is 1.83 bits per heavy atom. The molecule has 1 aliphatic rings. The molecule has 1 aliphatic heterocycles. The number of benzene rings is 2. The van der Waals surface area contributed by atoms with Gasteiger partial charge in [0.1, 0.15) is 0 Å². The summed E-state index contributed by atoms with van der Waals surface area (Å²) in [7, 11) is 0. The quantitative estimate of drug-likeness (QED) is 0.756. The van der Waals surface area contributed by atoms with Gasteiger partial charge in [0.15, 0.2) is 0 Å². The Bertz CT molecular complexity index is 907. The molecule has 0 aromatic heterocycles. The minimum absolute atomic E-state index is 0.0589. The van der Waals surface area contributed by atoms with Gasteiger partial charge in [-0.25, -0.2) is 0 Å². The van der Waals surface area contributed by atoms with Crippen molar-refractivity contribution in [3.8, 4) is 0 Å². The molecule has 0 saturated carbocycles. The average molecular weight is 394 g/mol. The van der Waals surface area contributed by atoms with Gasteiger partial charge in [-0.3, -0.25) is 14.4 Å². The van der Waals surface area contributed by atoms with Gasteiger partial charge in [-0.1, -0.05) is 54.1 Å². The first-order chi connectivity index (χ1) is 13.8. The van der Waals surface area contributed by atoms with Crippen molar-refractivity contribution in [2.45, 2.75) is 39.3 Å². The van der Waals surface area contributed by atoms with Gasteiger partial charge in [0.2, 0.25) is 11.8 Å². The minimum atomic E-state index is -0.984. The summed E-state index contributed by atoms with van der Waals surface area (Å²) in [6, 6.07) is 14.8. The van der Waals surface area contributed by atoms with Crippen molar-refractivity contribution < 1.29 is 19.5 Å². The van der Waals surface area contributed by atoms with E-state index >= 15 is 0 Å². The van der Waals surface area contributed by atoms with Gasteiger partial charge in [-0.2, -0.15) is 0 Å². The number of aryl methyl sites for hydroxylation is 2. The number of carboxylic acids is 1. The van der Waals surface area contributed by atoms with E-state index in [2.05, 4.69) is 5.32 Å². The molecule has 0 spiro atoms. The van der Waals surface area contributed by atoms with E-state index in [9.17, 15) is 19.5 Å². The Morgan fingerprint density at radius 3 is 2.48 bits per heavy atom. The number of carbonyl (C=O) groups excluding carboxylic acids is 2. The first-order valence-electron chi connectivity index (χ1n) is 9.74. The van der Waals surface area contributed by atoms with Crippen LogP contribution in [0.15, 0.2) is 48.5 Å². The molecule has 1 heterocycles. The molecular weight excluding hydrogens is 368 g/mol. The second-order valence-electron chi connectivity index (χ2n) is 7.68. The summed E-state index contributed by atoms with van der Waals surface area (Å²) in [5, 5.41) is 12.1. The van der Waals surface area contributed by atoms with E-state index in [1.807, 2.05) is 62.4 Å². The molecule has 2 atom stereocenters. The highest BCUT2D eigenvalue weighted by atomic mass is 16.4. The van der Waals surface area contributed by atoms with E-state index in [1.54, 1.807) is 4.90 Å². The van der Waals surface area contributed by atoms with Crippen LogP contribution < -0.4 is 5.32 Å². The van der Waals surface area contributed by atoms with E-state index in [1.165, 1.54) is 0 Å². The van der Waals surface area contributed by atoms with Crippen molar-refractivity contribution in [3.63, 3.8) is 0 Å². The average Bonchev–Trinajstić information content (AvgIpc) is 3.04. The number of nitrogens with one attached hydrogen (secondary N) is 1. The number of nitrogens with zero attached hydrogens (tertiary/aromatic N) is 1. The number of rotatable bonds is 7. The Balaban J connectivity index is 1.67. The fourth-order valence-electron chi connectivity index (χ4n) is 3.70. The summed E-state index contributed by atoms with van der Waals surface area (Å²) in [5.74, 6) is -1.80. The third-order valence-electron chi connectivity index (χ3n) is 5.34. The number of carboxylic acid groups (broad SMARTS) is 1. The predicted octanol–water partition coefficient (Wildman–Crippen LogP) is 2.98. The van der Waals surface area contributed by atoms with Gasteiger partial charge in [0, 0.05) is 19.5 Å². The molecule has 0 radical (unpaired) electrons. The molecule has 2 aromatic rings. The third-order valence-corrected chi connectivity index (χ3v) is 5.34.